The second kappa shape index (κ2) is 3.88. The summed E-state index contributed by atoms with van der Waals surface area (Å²) in [5.74, 6) is 0.319. The predicted octanol–water partition coefficient (Wildman–Crippen LogP) is -0.661. The lowest BCUT2D eigenvalue weighted by molar-refractivity contribution is -0.130. The summed E-state index contributed by atoms with van der Waals surface area (Å²) in [6, 6.07) is 0. The van der Waals surface area contributed by atoms with Crippen LogP contribution in [0.3, 0.4) is 0 Å². The molecule has 0 atom stereocenters. The van der Waals surface area contributed by atoms with Crippen molar-refractivity contribution in [3.05, 3.63) is 6.20 Å². The fourth-order valence-corrected chi connectivity index (χ4v) is 0.826. The number of nitrogens with two attached hydrogens (primary N) is 1. The Morgan fingerprint density at radius 2 is 2.46 bits per heavy atom. The minimum atomic E-state index is -0.00704. The van der Waals surface area contributed by atoms with Crippen molar-refractivity contribution in [1.82, 2.24) is 19.9 Å². The highest BCUT2D eigenvalue weighted by Crippen LogP contribution is 1.94. The van der Waals surface area contributed by atoms with Crippen molar-refractivity contribution >= 4 is 11.7 Å². The number of nitrogens with zero attached hydrogens (tertiary/aromatic N) is 4. The molecule has 2 N–H and O–H groups in total. The first-order valence-corrected chi connectivity index (χ1v) is 4.03. The van der Waals surface area contributed by atoms with Gasteiger partial charge in [-0.3, -0.25) is 4.79 Å². The quantitative estimate of drug-likeness (QED) is 0.674. The molecule has 0 radical (unpaired) electrons. The van der Waals surface area contributed by atoms with E-state index in [4.69, 9.17) is 5.73 Å². The highest BCUT2D eigenvalue weighted by atomic mass is 16.2. The maximum atomic E-state index is 11.3. The first-order chi connectivity index (χ1) is 6.13. The van der Waals surface area contributed by atoms with Gasteiger partial charge in [-0.15, -0.1) is 5.10 Å². The van der Waals surface area contributed by atoms with Crippen LogP contribution in [0.1, 0.15) is 6.92 Å². The van der Waals surface area contributed by atoms with Gasteiger partial charge in [-0.05, 0) is 6.92 Å². The molecule has 0 aliphatic carbocycles. The second-order valence-electron chi connectivity index (χ2n) is 2.75. The van der Waals surface area contributed by atoms with Gasteiger partial charge in [0, 0.05) is 13.6 Å². The van der Waals surface area contributed by atoms with E-state index in [-0.39, 0.29) is 12.5 Å². The van der Waals surface area contributed by atoms with Crippen LogP contribution in [0.5, 0.6) is 0 Å². The van der Waals surface area contributed by atoms with Crippen molar-refractivity contribution in [3.63, 3.8) is 0 Å². The van der Waals surface area contributed by atoms with Crippen molar-refractivity contribution in [2.24, 2.45) is 0 Å². The molecule has 1 aromatic rings. The summed E-state index contributed by atoms with van der Waals surface area (Å²) >= 11 is 0. The maximum Gasteiger partial charge on any atom is 0.244 e. The minimum Gasteiger partial charge on any atom is -0.381 e. The number of amides is 1. The lowest BCUT2D eigenvalue weighted by Crippen LogP contribution is -2.30. The Morgan fingerprint density at radius 3 is 2.92 bits per heavy atom. The molecule has 0 bridgehead atoms. The SMILES string of the molecule is CCN(C)C(=O)Cn1cc(N)nn1. The van der Waals surface area contributed by atoms with E-state index < -0.39 is 0 Å². The van der Waals surface area contributed by atoms with Crippen LogP contribution in [0.2, 0.25) is 0 Å². The molecule has 0 saturated carbocycles. The monoisotopic (exact) mass is 183 g/mol. The molecular weight excluding hydrogens is 170 g/mol. The van der Waals surface area contributed by atoms with Gasteiger partial charge in [-0.1, -0.05) is 5.21 Å². The highest BCUT2D eigenvalue weighted by Gasteiger charge is 2.07. The smallest absolute Gasteiger partial charge is 0.244 e. The lowest BCUT2D eigenvalue weighted by Gasteiger charge is -2.13. The number of rotatable bonds is 3. The predicted molar refractivity (Wildman–Crippen MR) is 47.7 cm³/mol. The Kier molecular flexibility index (Phi) is 2.84. The Bertz CT molecular complexity index is 295. The van der Waals surface area contributed by atoms with Crippen molar-refractivity contribution in [2.75, 3.05) is 19.3 Å². The summed E-state index contributed by atoms with van der Waals surface area (Å²) in [6.45, 7) is 2.78. The molecule has 0 aliphatic rings. The number of hydrogen-bond donors (Lipinski definition) is 1. The van der Waals surface area contributed by atoms with Gasteiger partial charge >= 0.3 is 0 Å². The normalized spacial score (nSPS) is 10.0. The zero-order valence-corrected chi connectivity index (χ0v) is 7.77. The molecule has 1 amide bonds. The molecule has 0 fully saturated rings. The Morgan fingerprint density at radius 1 is 1.77 bits per heavy atom. The van der Waals surface area contributed by atoms with Crippen LogP contribution in [0.4, 0.5) is 5.82 Å². The van der Waals surface area contributed by atoms with Gasteiger partial charge in [0.2, 0.25) is 5.91 Å². The number of anilines is 1. The van der Waals surface area contributed by atoms with Crippen molar-refractivity contribution in [1.29, 1.82) is 0 Å². The van der Waals surface area contributed by atoms with Gasteiger partial charge < -0.3 is 10.6 Å². The largest absolute Gasteiger partial charge is 0.381 e. The lowest BCUT2D eigenvalue weighted by atomic mass is 10.5. The molecule has 6 heteroatoms. The van der Waals surface area contributed by atoms with Crippen LogP contribution < -0.4 is 5.73 Å². The summed E-state index contributed by atoms with van der Waals surface area (Å²) in [7, 11) is 1.74. The topological polar surface area (TPSA) is 77.0 Å². The minimum absolute atomic E-state index is 0.00704. The first kappa shape index (κ1) is 9.50. The maximum absolute atomic E-state index is 11.3. The molecule has 1 aromatic heterocycles. The van der Waals surface area contributed by atoms with Gasteiger partial charge in [-0.25, -0.2) is 4.68 Å². The van der Waals surface area contributed by atoms with E-state index in [1.807, 2.05) is 6.92 Å². The fraction of sp³-hybridized carbons (Fsp3) is 0.571. The zero-order chi connectivity index (χ0) is 9.84. The van der Waals surface area contributed by atoms with Crippen LogP contribution in [0.15, 0.2) is 6.20 Å². The van der Waals surface area contributed by atoms with Crippen LogP contribution >= 0.6 is 0 Å². The molecule has 0 unspecified atom stereocenters. The number of carbonyl (C=O) groups is 1. The summed E-state index contributed by atoms with van der Waals surface area (Å²) in [6.07, 6.45) is 1.53. The molecule has 13 heavy (non-hydrogen) atoms. The molecule has 1 heterocycles. The van der Waals surface area contributed by atoms with E-state index in [9.17, 15) is 4.79 Å². The number of aromatic nitrogens is 3. The summed E-state index contributed by atoms with van der Waals surface area (Å²) < 4.78 is 1.42. The summed E-state index contributed by atoms with van der Waals surface area (Å²) in [4.78, 5) is 13.0. The van der Waals surface area contributed by atoms with Crippen molar-refractivity contribution in [2.45, 2.75) is 13.5 Å². The second-order valence-corrected chi connectivity index (χ2v) is 2.75. The molecular formula is C7H13N5O. The fourth-order valence-electron chi connectivity index (χ4n) is 0.826. The van der Waals surface area contributed by atoms with Gasteiger partial charge in [0.25, 0.3) is 0 Å². The molecule has 1 rings (SSSR count). The van der Waals surface area contributed by atoms with Crippen LogP contribution in [0, 0.1) is 0 Å². The van der Waals surface area contributed by atoms with E-state index >= 15 is 0 Å². The van der Waals surface area contributed by atoms with E-state index in [2.05, 4.69) is 10.3 Å². The Labute approximate surface area is 76.3 Å². The molecule has 0 aliphatic heterocycles. The third-order valence-corrected chi connectivity index (χ3v) is 1.75. The number of likely N-dealkylation sites (N-methyl/N-ethyl adjacent to an activating group) is 1. The van der Waals surface area contributed by atoms with Crippen LogP contribution in [-0.4, -0.2) is 39.4 Å². The summed E-state index contributed by atoms with van der Waals surface area (Å²) in [5.41, 5.74) is 5.34. The molecule has 0 saturated heterocycles. The van der Waals surface area contributed by atoms with Gasteiger partial charge in [-0.2, -0.15) is 0 Å². The average molecular weight is 183 g/mol. The van der Waals surface area contributed by atoms with Crippen molar-refractivity contribution in [3.8, 4) is 0 Å². The average Bonchev–Trinajstić information content (AvgIpc) is 2.49. The zero-order valence-electron chi connectivity index (χ0n) is 7.77. The highest BCUT2D eigenvalue weighted by molar-refractivity contribution is 5.75. The number of nitrogen functional groups attached to an aromatic ring is 1. The van der Waals surface area contributed by atoms with Gasteiger partial charge in [0.15, 0.2) is 5.82 Å². The Balaban J connectivity index is 2.54. The standard InChI is InChI=1S/C7H13N5O/c1-3-11(2)7(13)5-12-4-6(8)9-10-12/h4H,3,5,8H2,1-2H3. The van der Waals surface area contributed by atoms with E-state index in [0.717, 1.165) is 0 Å². The molecule has 0 aromatic carbocycles. The Hall–Kier alpha value is -1.59. The first-order valence-electron chi connectivity index (χ1n) is 4.03. The van der Waals surface area contributed by atoms with E-state index in [1.165, 1.54) is 10.9 Å². The molecule has 72 valence electrons. The molecule has 0 spiro atoms. The van der Waals surface area contributed by atoms with E-state index in [0.29, 0.717) is 12.4 Å². The van der Waals surface area contributed by atoms with Crippen LogP contribution in [0.25, 0.3) is 0 Å². The third-order valence-electron chi connectivity index (χ3n) is 1.75. The summed E-state index contributed by atoms with van der Waals surface area (Å²) in [5, 5.41) is 7.24. The number of carbonyl (C=O) groups excluding carboxylic acids is 1. The van der Waals surface area contributed by atoms with E-state index in [1.54, 1.807) is 11.9 Å². The number of hydrogen-bond acceptors (Lipinski definition) is 4. The molecule has 6 nitrogen and oxygen atoms in total. The van der Waals surface area contributed by atoms with Gasteiger partial charge in [0.1, 0.15) is 6.54 Å². The van der Waals surface area contributed by atoms with Crippen molar-refractivity contribution < 1.29 is 4.79 Å². The van der Waals surface area contributed by atoms with Crippen LogP contribution in [-0.2, 0) is 11.3 Å². The third kappa shape index (κ3) is 2.43. The van der Waals surface area contributed by atoms with Gasteiger partial charge in [0.05, 0.1) is 6.20 Å².